The fourth-order valence-electron chi connectivity index (χ4n) is 3.03. The first-order valence-electron chi connectivity index (χ1n) is 7.05. The van der Waals surface area contributed by atoms with E-state index in [1.807, 2.05) is 0 Å². The first kappa shape index (κ1) is 13.3. The molecular formula is C15H20BrNO2. The van der Waals surface area contributed by atoms with E-state index in [0.29, 0.717) is 12.8 Å². The van der Waals surface area contributed by atoms with E-state index in [2.05, 4.69) is 40.3 Å². The van der Waals surface area contributed by atoms with Crippen molar-refractivity contribution in [3.63, 3.8) is 0 Å². The summed E-state index contributed by atoms with van der Waals surface area (Å²) >= 11 is 3.54. The number of rotatable bonds is 4. The van der Waals surface area contributed by atoms with Gasteiger partial charge in [0.1, 0.15) is 0 Å². The summed E-state index contributed by atoms with van der Waals surface area (Å²) in [4.78, 5) is 0. The van der Waals surface area contributed by atoms with E-state index in [-0.39, 0.29) is 0 Å². The van der Waals surface area contributed by atoms with Crippen LogP contribution in [-0.2, 0) is 6.54 Å². The third-order valence-electron chi connectivity index (χ3n) is 4.22. The molecule has 104 valence electrons. The van der Waals surface area contributed by atoms with Gasteiger partial charge >= 0.3 is 0 Å². The molecular weight excluding hydrogens is 306 g/mol. The van der Waals surface area contributed by atoms with Gasteiger partial charge in [-0.3, -0.25) is 0 Å². The zero-order valence-electron chi connectivity index (χ0n) is 11.2. The normalized spacial score (nSPS) is 19.9. The van der Waals surface area contributed by atoms with Crippen molar-refractivity contribution >= 4 is 15.9 Å². The third kappa shape index (κ3) is 2.90. The summed E-state index contributed by atoms with van der Waals surface area (Å²) in [7, 11) is 0. The molecule has 1 saturated carbocycles. The highest BCUT2D eigenvalue weighted by Gasteiger charge is 2.22. The largest absolute Gasteiger partial charge is 0.454 e. The molecule has 2 aliphatic rings. The molecule has 0 spiro atoms. The van der Waals surface area contributed by atoms with Gasteiger partial charge in [0.05, 0.1) is 4.47 Å². The molecule has 3 nitrogen and oxygen atoms in total. The minimum absolute atomic E-state index is 0.323. The van der Waals surface area contributed by atoms with Gasteiger partial charge in [-0.1, -0.05) is 12.8 Å². The van der Waals surface area contributed by atoms with Gasteiger partial charge in [0.2, 0.25) is 6.79 Å². The van der Waals surface area contributed by atoms with Crippen LogP contribution in [0.4, 0.5) is 0 Å². The van der Waals surface area contributed by atoms with E-state index in [1.165, 1.54) is 31.2 Å². The Kier molecular flexibility index (Phi) is 3.99. The lowest BCUT2D eigenvalue weighted by Crippen LogP contribution is -2.31. The number of fused-ring (bicyclic) bond motifs is 1. The van der Waals surface area contributed by atoms with E-state index in [9.17, 15) is 0 Å². The van der Waals surface area contributed by atoms with E-state index < -0.39 is 0 Å². The Bertz CT molecular complexity index is 458. The van der Waals surface area contributed by atoms with Crippen LogP contribution in [-0.4, -0.2) is 12.8 Å². The van der Waals surface area contributed by atoms with Crippen molar-refractivity contribution in [1.82, 2.24) is 5.32 Å². The zero-order valence-corrected chi connectivity index (χ0v) is 12.8. The molecule has 1 aliphatic carbocycles. The lowest BCUT2D eigenvalue weighted by atomic mass is 9.99. The molecule has 0 saturated heterocycles. The number of hydrogen-bond donors (Lipinski definition) is 1. The van der Waals surface area contributed by atoms with Gasteiger partial charge in [-0.05, 0) is 59.3 Å². The zero-order chi connectivity index (χ0) is 13.2. The molecule has 1 aromatic rings. The van der Waals surface area contributed by atoms with Crippen molar-refractivity contribution in [3.8, 4) is 11.5 Å². The van der Waals surface area contributed by atoms with Crippen molar-refractivity contribution in [2.24, 2.45) is 5.92 Å². The van der Waals surface area contributed by atoms with E-state index in [1.54, 1.807) is 0 Å². The monoisotopic (exact) mass is 325 g/mol. The predicted molar refractivity (Wildman–Crippen MR) is 78.5 cm³/mol. The van der Waals surface area contributed by atoms with Crippen LogP contribution in [0.2, 0.25) is 0 Å². The molecule has 1 N–H and O–H groups in total. The van der Waals surface area contributed by atoms with Crippen LogP contribution in [0.5, 0.6) is 11.5 Å². The summed E-state index contributed by atoms with van der Waals surface area (Å²) in [5.74, 6) is 2.52. The van der Waals surface area contributed by atoms with Gasteiger partial charge in [-0.25, -0.2) is 0 Å². The minimum atomic E-state index is 0.323. The standard InChI is InChI=1S/C15H20BrNO2/c1-10(12-4-2-3-5-12)17-8-11-6-13(16)15-14(7-11)18-9-19-15/h6-7,10,12,17H,2-5,8-9H2,1H3. The van der Waals surface area contributed by atoms with Gasteiger partial charge in [0.25, 0.3) is 0 Å². The maximum Gasteiger partial charge on any atom is 0.231 e. The summed E-state index contributed by atoms with van der Waals surface area (Å²) in [6, 6.07) is 4.77. The fraction of sp³-hybridized carbons (Fsp3) is 0.600. The average Bonchev–Trinajstić information content (AvgIpc) is 3.06. The van der Waals surface area contributed by atoms with Crippen molar-refractivity contribution in [3.05, 3.63) is 22.2 Å². The predicted octanol–water partition coefficient (Wildman–Crippen LogP) is 3.85. The van der Waals surface area contributed by atoms with Crippen LogP contribution >= 0.6 is 15.9 Å². The van der Waals surface area contributed by atoms with Gasteiger partial charge in [-0.15, -0.1) is 0 Å². The maximum atomic E-state index is 5.45. The second-order valence-electron chi connectivity index (χ2n) is 5.53. The molecule has 1 fully saturated rings. The van der Waals surface area contributed by atoms with Gasteiger partial charge in [0, 0.05) is 12.6 Å². The van der Waals surface area contributed by atoms with Crippen LogP contribution < -0.4 is 14.8 Å². The van der Waals surface area contributed by atoms with E-state index in [0.717, 1.165) is 28.4 Å². The molecule has 1 aliphatic heterocycles. The summed E-state index contributed by atoms with van der Waals surface area (Å²) in [6.45, 7) is 3.51. The Morgan fingerprint density at radius 1 is 1.32 bits per heavy atom. The second-order valence-corrected chi connectivity index (χ2v) is 6.38. The Hall–Kier alpha value is -0.740. The highest BCUT2D eigenvalue weighted by molar-refractivity contribution is 9.10. The summed E-state index contributed by atoms with van der Waals surface area (Å²) in [6.07, 6.45) is 5.54. The van der Waals surface area contributed by atoms with Gasteiger partial charge < -0.3 is 14.8 Å². The second kappa shape index (κ2) is 5.71. The molecule has 0 radical (unpaired) electrons. The molecule has 1 aromatic carbocycles. The number of benzene rings is 1. The quantitative estimate of drug-likeness (QED) is 0.912. The number of hydrogen-bond acceptors (Lipinski definition) is 3. The van der Waals surface area contributed by atoms with Crippen molar-refractivity contribution in [2.75, 3.05) is 6.79 Å². The lowest BCUT2D eigenvalue weighted by Gasteiger charge is -2.20. The van der Waals surface area contributed by atoms with Crippen molar-refractivity contribution in [2.45, 2.75) is 45.2 Å². The molecule has 19 heavy (non-hydrogen) atoms. The molecule has 3 rings (SSSR count). The van der Waals surface area contributed by atoms with E-state index in [4.69, 9.17) is 9.47 Å². The van der Waals surface area contributed by atoms with Gasteiger partial charge in [-0.2, -0.15) is 0 Å². The van der Waals surface area contributed by atoms with Crippen LogP contribution in [0.3, 0.4) is 0 Å². The number of nitrogens with one attached hydrogen (secondary N) is 1. The molecule has 0 aromatic heterocycles. The highest BCUT2D eigenvalue weighted by Crippen LogP contribution is 2.40. The van der Waals surface area contributed by atoms with Gasteiger partial charge in [0.15, 0.2) is 11.5 Å². The van der Waals surface area contributed by atoms with Crippen LogP contribution in [0.1, 0.15) is 38.2 Å². The maximum absolute atomic E-state index is 5.45. The number of ether oxygens (including phenoxy) is 2. The molecule has 1 unspecified atom stereocenters. The SMILES string of the molecule is CC(NCc1cc(Br)c2c(c1)OCO2)C1CCCC1. The Labute approximate surface area is 122 Å². The first-order valence-corrected chi connectivity index (χ1v) is 7.85. The third-order valence-corrected chi connectivity index (χ3v) is 4.81. The number of halogens is 1. The Morgan fingerprint density at radius 3 is 2.89 bits per heavy atom. The van der Waals surface area contributed by atoms with Crippen LogP contribution in [0, 0.1) is 5.92 Å². The summed E-state index contributed by atoms with van der Waals surface area (Å²) in [5.41, 5.74) is 1.24. The van der Waals surface area contributed by atoms with Crippen LogP contribution in [0.15, 0.2) is 16.6 Å². The topological polar surface area (TPSA) is 30.5 Å². The van der Waals surface area contributed by atoms with Crippen molar-refractivity contribution in [1.29, 1.82) is 0 Å². The van der Waals surface area contributed by atoms with E-state index >= 15 is 0 Å². The lowest BCUT2D eigenvalue weighted by molar-refractivity contribution is 0.173. The molecule has 4 heteroatoms. The summed E-state index contributed by atoms with van der Waals surface area (Å²) < 4.78 is 11.8. The minimum Gasteiger partial charge on any atom is -0.454 e. The smallest absolute Gasteiger partial charge is 0.231 e. The highest BCUT2D eigenvalue weighted by atomic mass is 79.9. The fourth-order valence-corrected chi connectivity index (χ4v) is 3.63. The average molecular weight is 326 g/mol. The Balaban J connectivity index is 1.62. The van der Waals surface area contributed by atoms with Crippen LogP contribution in [0.25, 0.3) is 0 Å². The molecule has 1 heterocycles. The molecule has 0 bridgehead atoms. The van der Waals surface area contributed by atoms with Crippen molar-refractivity contribution < 1.29 is 9.47 Å². The molecule has 1 atom stereocenters. The Morgan fingerprint density at radius 2 is 2.11 bits per heavy atom. The molecule has 0 amide bonds. The first-order chi connectivity index (χ1) is 9.24. The summed E-state index contributed by atoms with van der Waals surface area (Å²) in [5, 5.41) is 3.64.